The molecule has 0 aromatic heterocycles. The summed E-state index contributed by atoms with van der Waals surface area (Å²) in [6.07, 6.45) is -4.64. The van der Waals surface area contributed by atoms with Crippen molar-refractivity contribution >= 4 is 11.8 Å². The van der Waals surface area contributed by atoms with Crippen LogP contribution in [0.2, 0.25) is 0 Å². The van der Waals surface area contributed by atoms with Gasteiger partial charge in [-0.3, -0.25) is 4.90 Å². The zero-order valence-corrected chi connectivity index (χ0v) is 12.2. The van der Waals surface area contributed by atoms with Crippen LogP contribution in [0.3, 0.4) is 0 Å². The molecule has 1 aliphatic rings. The van der Waals surface area contributed by atoms with Crippen LogP contribution in [-0.4, -0.2) is 42.8 Å². The molecule has 2 rings (SSSR count). The van der Waals surface area contributed by atoms with Gasteiger partial charge in [-0.15, -0.1) is 0 Å². The maximum atomic E-state index is 13.5. The molecule has 0 unspecified atom stereocenters. The number of halogens is 6. The van der Waals surface area contributed by atoms with Gasteiger partial charge in [0.25, 0.3) is 0 Å². The van der Waals surface area contributed by atoms with Gasteiger partial charge in [0, 0.05) is 31.1 Å². The molecule has 2 nitrogen and oxygen atoms in total. The van der Waals surface area contributed by atoms with Crippen molar-refractivity contribution in [2.45, 2.75) is 22.6 Å². The molecule has 22 heavy (non-hydrogen) atoms. The highest BCUT2D eigenvalue weighted by Crippen LogP contribution is 2.45. The predicted octanol–water partition coefficient (Wildman–Crippen LogP) is 3.81. The highest BCUT2D eigenvalue weighted by atomic mass is 32.2. The minimum atomic E-state index is -4.64. The number of benzene rings is 1. The first kappa shape index (κ1) is 17.4. The number of piperazine rings is 1. The summed E-state index contributed by atoms with van der Waals surface area (Å²) in [5, 5.41) is 2.93. The number of rotatable bonds is 3. The van der Waals surface area contributed by atoms with Crippen molar-refractivity contribution in [3.8, 4) is 0 Å². The molecule has 1 atom stereocenters. The average Bonchev–Trinajstić information content (AvgIpc) is 2.39. The van der Waals surface area contributed by atoms with Gasteiger partial charge in [0.1, 0.15) is 6.04 Å². The van der Waals surface area contributed by atoms with E-state index in [9.17, 15) is 26.3 Å². The normalized spacial score (nSPS) is 19.2. The second kappa shape index (κ2) is 6.67. The zero-order valence-electron chi connectivity index (χ0n) is 11.3. The van der Waals surface area contributed by atoms with Crippen molar-refractivity contribution in [2.75, 3.05) is 26.2 Å². The fraction of sp³-hybridized carbons (Fsp3) is 0.538. The van der Waals surface area contributed by atoms with Gasteiger partial charge < -0.3 is 5.32 Å². The van der Waals surface area contributed by atoms with E-state index < -0.39 is 34.4 Å². The van der Waals surface area contributed by atoms with Crippen LogP contribution in [0.5, 0.6) is 0 Å². The van der Waals surface area contributed by atoms with Crippen molar-refractivity contribution in [1.82, 2.24) is 10.2 Å². The maximum Gasteiger partial charge on any atom is 0.446 e. The number of hydrogen-bond donors (Lipinski definition) is 1. The zero-order chi connectivity index (χ0) is 16.4. The Morgan fingerprint density at radius 2 is 1.59 bits per heavy atom. The first-order chi connectivity index (χ1) is 10.2. The molecular weight excluding hydrogens is 330 g/mol. The summed E-state index contributed by atoms with van der Waals surface area (Å²) in [5.74, 6) is 0. The van der Waals surface area contributed by atoms with Crippen molar-refractivity contribution in [2.24, 2.45) is 0 Å². The summed E-state index contributed by atoms with van der Waals surface area (Å²) in [6.45, 7) is 1.02. The van der Waals surface area contributed by atoms with Gasteiger partial charge in [-0.05, 0) is 23.4 Å². The Labute approximate surface area is 127 Å². The smallest absolute Gasteiger partial charge is 0.314 e. The third-order valence-electron chi connectivity index (χ3n) is 3.27. The topological polar surface area (TPSA) is 15.3 Å². The molecule has 9 heteroatoms. The lowest BCUT2D eigenvalue weighted by Crippen LogP contribution is -2.49. The quantitative estimate of drug-likeness (QED) is 0.663. The Bertz CT molecular complexity index is 496. The lowest BCUT2D eigenvalue weighted by Gasteiger charge is -2.36. The van der Waals surface area contributed by atoms with Gasteiger partial charge in [0.05, 0.1) is 0 Å². The summed E-state index contributed by atoms with van der Waals surface area (Å²) >= 11 is -0.506. The maximum absolute atomic E-state index is 13.5. The van der Waals surface area contributed by atoms with Crippen LogP contribution in [0.25, 0.3) is 0 Å². The molecule has 1 saturated heterocycles. The molecular formula is C13H14F6N2S. The molecule has 1 aliphatic heterocycles. The minimum absolute atomic E-state index is 0.134. The second-order valence-corrected chi connectivity index (χ2v) is 5.92. The molecule has 0 radical (unpaired) electrons. The van der Waals surface area contributed by atoms with E-state index in [0.717, 1.165) is 12.1 Å². The molecule has 0 amide bonds. The number of nitrogens with one attached hydrogen (secondary N) is 1. The second-order valence-electron chi connectivity index (χ2n) is 4.82. The molecule has 1 aromatic carbocycles. The number of hydrogen-bond acceptors (Lipinski definition) is 3. The summed E-state index contributed by atoms with van der Waals surface area (Å²) in [7, 11) is 0. The molecule has 1 heterocycles. The Hall–Kier alpha value is -0.930. The van der Waals surface area contributed by atoms with Crippen LogP contribution in [-0.2, 0) is 0 Å². The Balaban J connectivity index is 2.39. The van der Waals surface area contributed by atoms with Crippen LogP contribution in [0, 0.1) is 0 Å². The largest absolute Gasteiger partial charge is 0.446 e. The van der Waals surface area contributed by atoms with Crippen LogP contribution >= 0.6 is 11.8 Å². The van der Waals surface area contributed by atoms with Crippen molar-refractivity contribution in [3.05, 3.63) is 29.8 Å². The van der Waals surface area contributed by atoms with E-state index in [1.54, 1.807) is 0 Å². The van der Waals surface area contributed by atoms with Gasteiger partial charge in [0.2, 0.25) is 0 Å². The van der Waals surface area contributed by atoms with E-state index >= 15 is 0 Å². The number of thioether (sulfide) groups is 1. The van der Waals surface area contributed by atoms with Crippen LogP contribution in [0.4, 0.5) is 26.3 Å². The van der Waals surface area contributed by atoms with Gasteiger partial charge in [-0.25, -0.2) is 0 Å². The Morgan fingerprint density at radius 3 is 2.14 bits per heavy atom. The predicted molar refractivity (Wildman–Crippen MR) is 71.6 cm³/mol. The minimum Gasteiger partial charge on any atom is -0.314 e. The monoisotopic (exact) mass is 344 g/mol. The first-order valence-electron chi connectivity index (χ1n) is 6.54. The third kappa shape index (κ3) is 4.53. The van der Waals surface area contributed by atoms with Crippen LogP contribution in [0.1, 0.15) is 11.6 Å². The van der Waals surface area contributed by atoms with E-state index in [0.29, 0.717) is 13.1 Å². The molecule has 1 N–H and O–H groups in total. The van der Waals surface area contributed by atoms with Crippen molar-refractivity contribution in [1.29, 1.82) is 0 Å². The highest BCUT2D eigenvalue weighted by molar-refractivity contribution is 8.00. The standard InChI is InChI=1S/C13H14F6N2S/c14-12(15,16)11(21-7-5-20-6-8-21)9-3-1-2-4-10(9)22-13(17,18)19/h1-4,11,20H,5-8H2/t11-/m1/s1. The van der Waals surface area contributed by atoms with Gasteiger partial charge in [0.15, 0.2) is 0 Å². The fourth-order valence-electron chi connectivity index (χ4n) is 2.44. The molecule has 1 fully saturated rings. The number of alkyl halides is 6. The molecule has 0 aliphatic carbocycles. The summed E-state index contributed by atoms with van der Waals surface area (Å²) in [6, 6.07) is 2.81. The highest BCUT2D eigenvalue weighted by Gasteiger charge is 2.46. The molecule has 1 aromatic rings. The Morgan fingerprint density at radius 1 is 1.00 bits per heavy atom. The first-order valence-corrected chi connectivity index (χ1v) is 7.36. The molecule has 0 spiro atoms. The van der Waals surface area contributed by atoms with Crippen molar-refractivity contribution < 1.29 is 26.3 Å². The lowest BCUT2D eigenvalue weighted by molar-refractivity contribution is -0.188. The SMILES string of the molecule is FC(F)(F)Sc1ccccc1[C@@H](N1CCNCC1)C(F)(F)F. The third-order valence-corrected chi connectivity index (χ3v) is 4.09. The Kier molecular flexibility index (Phi) is 5.29. The van der Waals surface area contributed by atoms with E-state index in [1.807, 2.05) is 0 Å². The van der Waals surface area contributed by atoms with Gasteiger partial charge in [-0.2, -0.15) is 26.3 Å². The summed E-state index contributed by atoms with van der Waals surface area (Å²) in [5.41, 5.74) is -4.98. The van der Waals surface area contributed by atoms with E-state index in [1.165, 1.54) is 17.0 Å². The molecule has 0 saturated carbocycles. The van der Waals surface area contributed by atoms with Crippen molar-refractivity contribution in [3.63, 3.8) is 0 Å². The number of nitrogens with zero attached hydrogens (tertiary/aromatic N) is 1. The van der Waals surface area contributed by atoms with E-state index in [-0.39, 0.29) is 18.7 Å². The van der Waals surface area contributed by atoms with Gasteiger partial charge >= 0.3 is 11.7 Å². The van der Waals surface area contributed by atoms with E-state index in [2.05, 4.69) is 5.32 Å². The fourth-order valence-corrected chi connectivity index (χ4v) is 3.14. The summed E-state index contributed by atoms with van der Waals surface area (Å²) < 4.78 is 78.1. The van der Waals surface area contributed by atoms with Crippen LogP contribution < -0.4 is 5.32 Å². The summed E-state index contributed by atoms with van der Waals surface area (Å²) in [4.78, 5) is 0.766. The lowest BCUT2D eigenvalue weighted by atomic mass is 10.0. The average molecular weight is 344 g/mol. The van der Waals surface area contributed by atoms with E-state index in [4.69, 9.17) is 0 Å². The van der Waals surface area contributed by atoms with Crippen LogP contribution in [0.15, 0.2) is 29.2 Å². The van der Waals surface area contributed by atoms with Gasteiger partial charge in [-0.1, -0.05) is 18.2 Å². The molecule has 124 valence electrons. The molecule has 0 bridgehead atoms.